The van der Waals surface area contributed by atoms with Gasteiger partial charge in [0.15, 0.2) is 15.2 Å². The molecule has 0 radical (unpaired) electrons. The first-order valence-electron chi connectivity index (χ1n) is 2.53. The van der Waals surface area contributed by atoms with Crippen molar-refractivity contribution in [3.8, 4) is 0 Å². The normalized spacial score (nSPS) is 11.6. The van der Waals surface area contributed by atoms with Crippen LogP contribution in [0.1, 0.15) is 0 Å². The molecule has 0 N–H and O–H groups in total. The highest BCUT2D eigenvalue weighted by molar-refractivity contribution is 7.86. The fourth-order valence-electron chi connectivity index (χ4n) is 0.534. The van der Waals surface area contributed by atoms with Gasteiger partial charge in [-0.25, -0.2) is 9.97 Å². The highest BCUT2D eigenvalue weighted by Crippen LogP contribution is 2.26. The molecule has 1 heterocycles. The van der Waals surface area contributed by atoms with Gasteiger partial charge in [0.2, 0.25) is 0 Å². The molecule has 66 valence electrons. The molecule has 1 aromatic heterocycles. The molecule has 0 amide bonds. The number of hydrogen-bond acceptors (Lipinski definition) is 4. The molecule has 12 heavy (non-hydrogen) atoms. The third-order valence-corrected chi connectivity index (χ3v) is 2.63. The lowest BCUT2D eigenvalue weighted by molar-refractivity contribution is 0.551. The van der Waals surface area contributed by atoms with Crippen LogP contribution in [0.2, 0.25) is 10.3 Å². The van der Waals surface area contributed by atoms with E-state index in [2.05, 4.69) is 9.97 Å². The maximum atomic E-state index is 12.4. The van der Waals surface area contributed by atoms with Gasteiger partial charge in [-0.05, 0) is 0 Å². The Labute approximate surface area is 77.6 Å². The van der Waals surface area contributed by atoms with Gasteiger partial charge in [0.05, 0.1) is 0 Å². The van der Waals surface area contributed by atoms with Crippen molar-refractivity contribution in [2.75, 3.05) is 0 Å². The van der Waals surface area contributed by atoms with Gasteiger partial charge in [0.25, 0.3) is 0 Å². The number of aromatic nitrogens is 2. The Morgan fingerprint density at radius 2 is 1.67 bits per heavy atom. The number of nitrogens with zero attached hydrogens (tertiary/aromatic N) is 2. The Balaban J connectivity index is 3.53. The Morgan fingerprint density at radius 1 is 1.25 bits per heavy atom. The first-order valence-corrected chi connectivity index (χ1v) is 4.67. The summed E-state index contributed by atoms with van der Waals surface area (Å²) < 4.78 is 33.1. The molecule has 1 rings (SSSR count). The molecule has 0 aliphatic heterocycles. The highest BCUT2D eigenvalue weighted by Gasteiger charge is 2.22. The summed E-state index contributed by atoms with van der Waals surface area (Å²) in [6.45, 7) is 0. The minimum Gasteiger partial charge on any atom is -0.223 e. The summed E-state index contributed by atoms with van der Waals surface area (Å²) in [4.78, 5) is 5.62. The van der Waals surface area contributed by atoms with Crippen molar-refractivity contribution < 1.29 is 12.3 Å². The molecule has 0 aromatic carbocycles. The first kappa shape index (κ1) is 9.63. The van der Waals surface area contributed by atoms with E-state index in [4.69, 9.17) is 23.2 Å². The van der Waals surface area contributed by atoms with Crippen LogP contribution in [0, 0.1) is 0 Å². The molecular formula is C4HCl2FN2O2S. The van der Waals surface area contributed by atoms with Gasteiger partial charge in [-0.3, -0.25) is 0 Å². The predicted molar refractivity (Wildman–Crippen MR) is 40.3 cm³/mol. The van der Waals surface area contributed by atoms with E-state index in [1.165, 1.54) is 0 Å². The monoisotopic (exact) mass is 230 g/mol. The summed E-state index contributed by atoms with van der Waals surface area (Å²) in [5.41, 5.74) is 0. The van der Waals surface area contributed by atoms with Crippen molar-refractivity contribution in [2.45, 2.75) is 4.90 Å². The van der Waals surface area contributed by atoms with Crippen LogP contribution < -0.4 is 0 Å². The van der Waals surface area contributed by atoms with Crippen molar-refractivity contribution >= 4 is 33.4 Å². The smallest absolute Gasteiger partial charge is 0.223 e. The molecule has 0 atom stereocenters. The molecule has 0 unspecified atom stereocenters. The molecule has 0 aliphatic rings. The molecule has 0 aliphatic carbocycles. The van der Waals surface area contributed by atoms with Gasteiger partial charge in [0, 0.05) is 0 Å². The minimum atomic E-state index is -4.95. The fourth-order valence-corrected chi connectivity index (χ4v) is 1.91. The maximum absolute atomic E-state index is 12.4. The van der Waals surface area contributed by atoms with E-state index in [0.717, 1.165) is 6.33 Å². The van der Waals surface area contributed by atoms with Crippen LogP contribution in [-0.2, 0) is 10.2 Å². The second kappa shape index (κ2) is 3.12. The van der Waals surface area contributed by atoms with E-state index in [-0.39, 0.29) is 0 Å². The zero-order valence-electron chi connectivity index (χ0n) is 5.33. The van der Waals surface area contributed by atoms with Crippen LogP contribution in [0.4, 0.5) is 3.89 Å². The van der Waals surface area contributed by atoms with E-state index in [1.54, 1.807) is 0 Å². The second-order valence-corrected chi connectivity index (χ2v) is 3.72. The van der Waals surface area contributed by atoms with E-state index in [0.29, 0.717) is 0 Å². The van der Waals surface area contributed by atoms with Crippen molar-refractivity contribution in [3.63, 3.8) is 0 Å². The average molecular weight is 231 g/mol. The summed E-state index contributed by atoms with van der Waals surface area (Å²) in [5.74, 6) is 0. The summed E-state index contributed by atoms with van der Waals surface area (Å²) >= 11 is 10.5. The molecule has 0 spiro atoms. The molecular weight excluding hydrogens is 230 g/mol. The Morgan fingerprint density at radius 3 is 1.92 bits per heavy atom. The zero-order chi connectivity index (χ0) is 9.35. The highest BCUT2D eigenvalue weighted by atomic mass is 35.5. The second-order valence-electron chi connectivity index (χ2n) is 1.72. The van der Waals surface area contributed by atoms with Gasteiger partial charge < -0.3 is 0 Å². The molecule has 8 heteroatoms. The van der Waals surface area contributed by atoms with Crippen LogP contribution in [0.5, 0.6) is 0 Å². The maximum Gasteiger partial charge on any atom is 0.338 e. The van der Waals surface area contributed by atoms with Gasteiger partial charge >= 0.3 is 10.2 Å². The van der Waals surface area contributed by atoms with Crippen LogP contribution >= 0.6 is 23.2 Å². The molecule has 0 saturated carbocycles. The third kappa shape index (κ3) is 1.82. The summed E-state index contributed by atoms with van der Waals surface area (Å²) in [7, 11) is -4.95. The number of rotatable bonds is 1. The van der Waals surface area contributed by atoms with Crippen molar-refractivity contribution in [2.24, 2.45) is 0 Å². The van der Waals surface area contributed by atoms with Gasteiger partial charge in [-0.1, -0.05) is 23.2 Å². The van der Waals surface area contributed by atoms with E-state index < -0.39 is 25.4 Å². The SMILES string of the molecule is O=S(=O)(F)c1c(Cl)ncnc1Cl. The van der Waals surface area contributed by atoms with Crippen molar-refractivity contribution in [1.29, 1.82) is 0 Å². The Hall–Kier alpha value is -0.460. The quantitative estimate of drug-likeness (QED) is 0.542. The van der Waals surface area contributed by atoms with Gasteiger partial charge in [-0.15, -0.1) is 3.89 Å². The minimum absolute atomic E-state index is 0.530. The molecule has 4 nitrogen and oxygen atoms in total. The van der Waals surface area contributed by atoms with Crippen molar-refractivity contribution in [3.05, 3.63) is 16.6 Å². The summed E-state index contributed by atoms with van der Waals surface area (Å²) in [6, 6.07) is 0. The Kier molecular flexibility index (Phi) is 2.50. The van der Waals surface area contributed by atoms with Crippen LogP contribution in [-0.4, -0.2) is 18.4 Å². The van der Waals surface area contributed by atoms with Gasteiger partial charge in [-0.2, -0.15) is 8.42 Å². The topological polar surface area (TPSA) is 59.9 Å². The third-order valence-electron chi connectivity index (χ3n) is 0.961. The largest absolute Gasteiger partial charge is 0.338 e. The van der Waals surface area contributed by atoms with Gasteiger partial charge in [0.1, 0.15) is 6.33 Å². The molecule has 0 bridgehead atoms. The van der Waals surface area contributed by atoms with Crippen LogP contribution in [0.15, 0.2) is 11.2 Å². The average Bonchev–Trinajstić information content (AvgIpc) is 1.82. The predicted octanol–water partition coefficient (Wildman–Crippen LogP) is 1.44. The molecule has 1 aromatic rings. The fraction of sp³-hybridized carbons (Fsp3) is 0. The molecule has 0 fully saturated rings. The van der Waals surface area contributed by atoms with Crippen LogP contribution in [0.25, 0.3) is 0 Å². The van der Waals surface area contributed by atoms with Crippen molar-refractivity contribution in [1.82, 2.24) is 9.97 Å². The zero-order valence-corrected chi connectivity index (χ0v) is 7.66. The number of halogens is 3. The first-order chi connectivity index (χ1) is 5.43. The molecule has 0 saturated heterocycles. The Bertz CT molecular complexity index is 387. The standard InChI is InChI=1S/C4HCl2FN2O2S/c5-3-2(12(7,10)11)4(6)9-1-8-3/h1H. The van der Waals surface area contributed by atoms with E-state index >= 15 is 0 Å². The lowest BCUT2D eigenvalue weighted by atomic mass is 10.7. The lowest BCUT2D eigenvalue weighted by Gasteiger charge is -1.97. The lowest BCUT2D eigenvalue weighted by Crippen LogP contribution is -1.98. The summed E-state index contributed by atoms with van der Waals surface area (Å²) in [6.07, 6.45) is 0.930. The van der Waals surface area contributed by atoms with E-state index in [1.807, 2.05) is 0 Å². The van der Waals surface area contributed by atoms with E-state index in [9.17, 15) is 12.3 Å². The summed E-state index contributed by atoms with van der Waals surface area (Å²) in [5, 5.41) is -1.06. The van der Waals surface area contributed by atoms with Crippen LogP contribution in [0.3, 0.4) is 0 Å². The number of hydrogen-bond donors (Lipinski definition) is 0.